The van der Waals surface area contributed by atoms with Crippen LogP contribution in [0.5, 0.6) is 0 Å². The minimum atomic E-state index is 0.103. The predicted octanol–water partition coefficient (Wildman–Crippen LogP) is -0.404. The molecule has 2 rings (SSSR count). The van der Waals surface area contributed by atoms with Crippen molar-refractivity contribution in [2.24, 2.45) is 0 Å². The van der Waals surface area contributed by atoms with E-state index in [1.807, 2.05) is 0 Å². The van der Waals surface area contributed by atoms with Crippen LogP contribution in [0.25, 0.3) is 0 Å². The van der Waals surface area contributed by atoms with E-state index in [-0.39, 0.29) is 18.1 Å². The first-order valence-electron chi connectivity index (χ1n) is 4.91. The highest BCUT2D eigenvalue weighted by Crippen LogP contribution is 2.14. The Morgan fingerprint density at radius 3 is 3.08 bits per heavy atom. The summed E-state index contributed by atoms with van der Waals surface area (Å²) in [6.07, 6.45) is 1.22. The van der Waals surface area contributed by atoms with Crippen molar-refractivity contribution in [3.63, 3.8) is 0 Å². The minimum absolute atomic E-state index is 0.103. The number of rotatable bonds is 1. The zero-order valence-corrected chi connectivity index (χ0v) is 7.95. The first kappa shape index (κ1) is 8.97. The van der Waals surface area contributed by atoms with Gasteiger partial charge in [0.25, 0.3) is 0 Å². The number of carbonyl (C=O) groups is 1. The van der Waals surface area contributed by atoms with Crippen molar-refractivity contribution in [2.75, 3.05) is 26.2 Å². The molecule has 0 aromatic rings. The smallest absolute Gasteiger partial charge is 0.237 e. The molecule has 4 heteroatoms. The molecule has 0 spiro atoms. The third-order valence-corrected chi connectivity index (χ3v) is 2.73. The predicted molar refractivity (Wildman–Crippen MR) is 48.4 cm³/mol. The molecular weight excluding hydrogens is 168 g/mol. The Morgan fingerprint density at radius 2 is 2.46 bits per heavy atom. The summed E-state index contributed by atoms with van der Waals surface area (Å²) in [5.74, 6) is 0.189. The van der Waals surface area contributed by atoms with Crippen molar-refractivity contribution in [3.05, 3.63) is 0 Å². The normalized spacial score (nSPS) is 36.2. The third kappa shape index (κ3) is 1.84. The Kier molecular flexibility index (Phi) is 2.51. The fraction of sp³-hybridized carbons (Fsp3) is 0.889. The fourth-order valence-electron chi connectivity index (χ4n) is 2.06. The summed E-state index contributed by atoms with van der Waals surface area (Å²) in [6, 6.07) is 0.103. The standard InChI is InChI=1S/C9H16N2O2/c1-7-6-11(4-5-13-7)8-2-3-10-9(8)12/h7-8H,2-6H2,1H3,(H,10,12)/t7-,8?/m0/s1. The van der Waals surface area contributed by atoms with E-state index in [1.54, 1.807) is 0 Å². The maximum Gasteiger partial charge on any atom is 0.237 e. The van der Waals surface area contributed by atoms with Gasteiger partial charge in [-0.25, -0.2) is 0 Å². The molecule has 2 fully saturated rings. The molecule has 0 aromatic carbocycles. The molecule has 1 unspecified atom stereocenters. The van der Waals surface area contributed by atoms with Crippen LogP contribution < -0.4 is 5.32 Å². The molecule has 74 valence electrons. The molecular formula is C9H16N2O2. The topological polar surface area (TPSA) is 41.6 Å². The van der Waals surface area contributed by atoms with Gasteiger partial charge in [0.2, 0.25) is 5.91 Å². The highest BCUT2D eigenvalue weighted by atomic mass is 16.5. The number of ether oxygens (including phenoxy) is 1. The zero-order chi connectivity index (χ0) is 9.26. The van der Waals surface area contributed by atoms with Crippen molar-refractivity contribution < 1.29 is 9.53 Å². The van der Waals surface area contributed by atoms with Gasteiger partial charge in [-0.05, 0) is 13.3 Å². The molecule has 0 radical (unpaired) electrons. The minimum Gasteiger partial charge on any atom is -0.376 e. The Labute approximate surface area is 78.2 Å². The van der Waals surface area contributed by atoms with E-state index in [1.165, 1.54) is 0 Å². The van der Waals surface area contributed by atoms with Crippen LogP contribution >= 0.6 is 0 Å². The number of carbonyl (C=O) groups excluding carboxylic acids is 1. The molecule has 2 atom stereocenters. The molecule has 1 N–H and O–H groups in total. The van der Waals surface area contributed by atoms with Crippen LogP contribution in [0.2, 0.25) is 0 Å². The summed E-state index contributed by atoms with van der Waals surface area (Å²) in [7, 11) is 0. The van der Waals surface area contributed by atoms with Crippen molar-refractivity contribution in [1.29, 1.82) is 0 Å². The monoisotopic (exact) mass is 184 g/mol. The number of amides is 1. The second kappa shape index (κ2) is 3.64. The largest absolute Gasteiger partial charge is 0.376 e. The Balaban J connectivity index is 1.95. The lowest BCUT2D eigenvalue weighted by Gasteiger charge is -2.34. The van der Waals surface area contributed by atoms with Crippen LogP contribution in [0.4, 0.5) is 0 Å². The van der Waals surface area contributed by atoms with Crippen LogP contribution in [0, 0.1) is 0 Å². The van der Waals surface area contributed by atoms with Crippen LogP contribution in [0.1, 0.15) is 13.3 Å². The van der Waals surface area contributed by atoms with E-state index >= 15 is 0 Å². The van der Waals surface area contributed by atoms with Crippen molar-refractivity contribution in [1.82, 2.24) is 10.2 Å². The van der Waals surface area contributed by atoms with Gasteiger partial charge < -0.3 is 10.1 Å². The number of nitrogens with zero attached hydrogens (tertiary/aromatic N) is 1. The van der Waals surface area contributed by atoms with Crippen LogP contribution in [-0.4, -0.2) is 49.2 Å². The summed E-state index contributed by atoms with van der Waals surface area (Å²) in [4.78, 5) is 13.6. The lowest BCUT2D eigenvalue weighted by molar-refractivity contribution is -0.126. The lowest BCUT2D eigenvalue weighted by atomic mass is 10.2. The number of morpholine rings is 1. The van der Waals surface area contributed by atoms with Crippen molar-refractivity contribution >= 4 is 5.91 Å². The Morgan fingerprint density at radius 1 is 1.62 bits per heavy atom. The summed E-state index contributed by atoms with van der Waals surface area (Å²) in [5, 5.41) is 2.86. The number of hydrogen-bond acceptors (Lipinski definition) is 3. The molecule has 2 aliphatic rings. The van der Waals surface area contributed by atoms with Gasteiger partial charge in [-0.15, -0.1) is 0 Å². The maximum absolute atomic E-state index is 11.4. The van der Waals surface area contributed by atoms with Gasteiger partial charge in [-0.3, -0.25) is 9.69 Å². The van der Waals surface area contributed by atoms with Crippen LogP contribution in [0.15, 0.2) is 0 Å². The fourth-order valence-corrected chi connectivity index (χ4v) is 2.06. The Hall–Kier alpha value is -0.610. The van der Waals surface area contributed by atoms with E-state index in [2.05, 4.69) is 17.1 Å². The second-order valence-electron chi connectivity index (χ2n) is 3.77. The first-order chi connectivity index (χ1) is 6.27. The SMILES string of the molecule is C[C@H]1CN(C2CCNC2=O)CCO1. The van der Waals surface area contributed by atoms with Gasteiger partial charge in [-0.1, -0.05) is 0 Å². The maximum atomic E-state index is 11.4. The molecule has 0 saturated carbocycles. The number of nitrogens with one attached hydrogen (secondary N) is 1. The van der Waals surface area contributed by atoms with Gasteiger partial charge in [-0.2, -0.15) is 0 Å². The van der Waals surface area contributed by atoms with Gasteiger partial charge in [0.1, 0.15) is 0 Å². The Bertz CT molecular complexity index is 208. The molecule has 0 bridgehead atoms. The average Bonchev–Trinajstić information content (AvgIpc) is 2.51. The third-order valence-electron chi connectivity index (χ3n) is 2.73. The average molecular weight is 184 g/mol. The van der Waals surface area contributed by atoms with E-state index < -0.39 is 0 Å². The van der Waals surface area contributed by atoms with Crippen molar-refractivity contribution in [2.45, 2.75) is 25.5 Å². The van der Waals surface area contributed by atoms with E-state index in [0.29, 0.717) is 0 Å². The quantitative estimate of drug-likeness (QED) is 0.602. The van der Waals surface area contributed by atoms with Gasteiger partial charge in [0, 0.05) is 19.6 Å². The molecule has 2 aliphatic heterocycles. The lowest BCUT2D eigenvalue weighted by Crippen LogP contribution is -2.49. The second-order valence-corrected chi connectivity index (χ2v) is 3.77. The van der Waals surface area contributed by atoms with Gasteiger partial charge in [0.15, 0.2) is 0 Å². The molecule has 0 aliphatic carbocycles. The highest BCUT2D eigenvalue weighted by molar-refractivity contribution is 5.83. The molecule has 4 nitrogen and oxygen atoms in total. The van der Waals surface area contributed by atoms with E-state index in [9.17, 15) is 4.79 Å². The first-order valence-corrected chi connectivity index (χ1v) is 4.91. The molecule has 13 heavy (non-hydrogen) atoms. The number of hydrogen-bond donors (Lipinski definition) is 1. The van der Waals surface area contributed by atoms with Gasteiger partial charge >= 0.3 is 0 Å². The molecule has 1 amide bonds. The van der Waals surface area contributed by atoms with Crippen LogP contribution in [0.3, 0.4) is 0 Å². The highest BCUT2D eigenvalue weighted by Gasteiger charge is 2.32. The van der Waals surface area contributed by atoms with E-state index in [4.69, 9.17) is 4.74 Å². The molecule has 2 saturated heterocycles. The molecule has 2 heterocycles. The van der Waals surface area contributed by atoms with Crippen LogP contribution in [-0.2, 0) is 9.53 Å². The summed E-state index contributed by atoms with van der Waals surface area (Å²) < 4.78 is 5.43. The summed E-state index contributed by atoms with van der Waals surface area (Å²) >= 11 is 0. The van der Waals surface area contributed by atoms with Crippen molar-refractivity contribution in [3.8, 4) is 0 Å². The summed E-state index contributed by atoms with van der Waals surface area (Å²) in [5.41, 5.74) is 0. The molecule has 0 aromatic heterocycles. The summed E-state index contributed by atoms with van der Waals surface area (Å²) in [6.45, 7) is 5.42. The van der Waals surface area contributed by atoms with E-state index in [0.717, 1.165) is 32.7 Å². The zero-order valence-electron chi connectivity index (χ0n) is 7.95. The van der Waals surface area contributed by atoms with Gasteiger partial charge in [0.05, 0.1) is 18.8 Å².